The molecule has 112 valence electrons. The molecule has 0 aromatic heterocycles. The van der Waals surface area contributed by atoms with Gasteiger partial charge in [0.1, 0.15) is 0 Å². The molecule has 0 saturated heterocycles. The number of rotatable bonds is 5. The normalized spacial score (nSPS) is 11.6. The molecule has 21 heavy (non-hydrogen) atoms. The summed E-state index contributed by atoms with van der Waals surface area (Å²) in [5.74, 6) is 0. The molecular formula is C20H27N. The lowest BCUT2D eigenvalue weighted by atomic mass is 9.87. The van der Waals surface area contributed by atoms with Crippen LogP contribution >= 0.6 is 0 Å². The molecule has 0 aliphatic heterocycles. The molecule has 0 aliphatic rings. The summed E-state index contributed by atoms with van der Waals surface area (Å²) in [6.07, 6.45) is 1.09. The molecule has 0 unspecified atom stereocenters. The predicted octanol–water partition coefficient (Wildman–Crippen LogP) is 4.62. The van der Waals surface area contributed by atoms with Crippen molar-refractivity contribution in [3.8, 4) is 0 Å². The van der Waals surface area contributed by atoms with Gasteiger partial charge in [0.15, 0.2) is 0 Å². The molecule has 0 amide bonds. The second-order valence-corrected chi connectivity index (χ2v) is 6.86. The minimum absolute atomic E-state index is 0.233. The van der Waals surface area contributed by atoms with Crippen LogP contribution in [0.3, 0.4) is 0 Å². The molecule has 0 heterocycles. The number of hydrogen-bond acceptors (Lipinski definition) is 1. The van der Waals surface area contributed by atoms with Crippen LogP contribution in [0.5, 0.6) is 0 Å². The first-order valence-corrected chi connectivity index (χ1v) is 7.81. The smallest absolute Gasteiger partial charge is 0.0205 e. The van der Waals surface area contributed by atoms with E-state index in [2.05, 4.69) is 81.5 Å². The van der Waals surface area contributed by atoms with E-state index >= 15 is 0 Å². The van der Waals surface area contributed by atoms with Crippen molar-refractivity contribution in [3.63, 3.8) is 0 Å². The van der Waals surface area contributed by atoms with Crippen LogP contribution in [0.25, 0.3) is 0 Å². The number of benzene rings is 2. The third kappa shape index (κ3) is 5.02. The lowest BCUT2D eigenvalue weighted by molar-refractivity contribution is 0.589. The van der Waals surface area contributed by atoms with Gasteiger partial charge >= 0.3 is 0 Å². The molecule has 0 radical (unpaired) electrons. The quantitative estimate of drug-likeness (QED) is 0.788. The van der Waals surface area contributed by atoms with Crippen LogP contribution < -0.4 is 5.32 Å². The fraction of sp³-hybridized carbons (Fsp3) is 0.400. The molecule has 2 aromatic carbocycles. The Morgan fingerprint density at radius 3 is 2.24 bits per heavy atom. The van der Waals surface area contributed by atoms with E-state index < -0.39 is 0 Å². The maximum atomic E-state index is 3.53. The first-order valence-electron chi connectivity index (χ1n) is 7.81. The lowest BCUT2D eigenvalue weighted by Gasteiger charge is -2.19. The van der Waals surface area contributed by atoms with Gasteiger partial charge in [-0.2, -0.15) is 0 Å². The third-order valence-electron chi connectivity index (χ3n) is 3.82. The van der Waals surface area contributed by atoms with E-state index in [4.69, 9.17) is 0 Å². The van der Waals surface area contributed by atoms with Crippen LogP contribution in [0, 0.1) is 6.92 Å². The molecule has 1 heteroatoms. The van der Waals surface area contributed by atoms with E-state index in [0.717, 1.165) is 19.5 Å². The van der Waals surface area contributed by atoms with E-state index in [0.29, 0.717) is 0 Å². The Balaban J connectivity index is 1.79. The Kier molecular flexibility index (Phi) is 5.19. The maximum Gasteiger partial charge on any atom is 0.0205 e. The Bertz CT molecular complexity index is 561. The lowest BCUT2D eigenvalue weighted by Crippen LogP contribution is -2.17. The van der Waals surface area contributed by atoms with Crippen molar-refractivity contribution >= 4 is 0 Å². The highest BCUT2D eigenvalue weighted by atomic mass is 14.8. The SMILES string of the molecule is Cc1cccc(CCNCc2ccc(C(C)(C)C)cc2)c1. The van der Waals surface area contributed by atoms with Crippen molar-refractivity contribution in [1.29, 1.82) is 0 Å². The second kappa shape index (κ2) is 6.91. The van der Waals surface area contributed by atoms with Crippen molar-refractivity contribution in [2.24, 2.45) is 0 Å². The Morgan fingerprint density at radius 1 is 0.905 bits per heavy atom. The summed E-state index contributed by atoms with van der Waals surface area (Å²) in [6.45, 7) is 10.9. The van der Waals surface area contributed by atoms with E-state index in [1.165, 1.54) is 22.3 Å². The van der Waals surface area contributed by atoms with Gasteiger partial charge in [-0.1, -0.05) is 74.9 Å². The van der Waals surface area contributed by atoms with Gasteiger partial charge in [0, 0.05) is 6.54 Å². The third-order valence-corrected chi connectivity index (χ3v) is 3.82. The fourth-order valence-electron chi connectivity index (χ4n) is 2.46. The molecule has 1 nitrogen and oxygen atoms in total. The largest absolute Gasteiger partial charge is 0.312 e. The molecule has 0 aliphatic carbocycles. The number of nitrogens with one attached hydrogen (secondary N) is 1. The van der Waals surface area contributed by atoms with E-state index in [9.17, 15) is 0 Å². The van der Waals surface area contributed by atoms with Crippen LogP contribution in [0.4, 0.5) is 0 Å². The second-order valence-electron chi connectivity index (χ2n) is 6.86. The summed E-state index contributed by atoms with van der Waals surface area (Å²) in [7, 11) is 0. The van der Waals surface area contributed by atoms with Gasteiger partial charge in [-0.05, 0) is 42.0 Å². The summed E-state index contributed by atoms with van der Waals surface area (Å²) < 4.78 is 0. The van der Waals surface area contributed by atoms with Crippen molar-refractivity contribution in [3.05, 3.63) is 70.8 Å². The molecule has 0 fully saturated rings. The molecule has 1 N–H and O–H groups in total. The Labute approximate surface area is 129 Å². The number of aryl methyl sites for hydroxylation is 1. The van der Waals surface area contributed by atoms with E-state index in [-0.39, 0.29) is 5.41 Å². The molecule has 0 saturated carbocycles. The van der Waals surface area contributed by atoms with Gasteiger partial charge in [0.05, 0.1) is 0 Å². The predicted molar refractivity (Wildman–Crippen MR) is 91.7 cm³/mol. The molecular weight excluding hydrogens is 254 g/mol. The summed E-state index contributed by atoms with van der Waals surface area (Å²) in [4.78, 5) is 0. The zero-order valence-corrected chi connectivity index (χ0v) is 13.7. The van der Waals surface area contributed by atoms with Gasteiger partial charge in [-0.15, -0.1) is 0 Å². The van der Waals surface area contributed by atoms with Crippen LogP contribution in [-0.2, 0) is 18.4 Å². The first kappa shape index (κ1) is 15.8. The minimum atomic E-state index is 0.233. The Hall–Kier alpha value is -1.60. The summed E-state index contributed by atoms with van der Waals surface area (Å²) in [6, 6.07) is 17.7. The average molecular weight is 281 g/mol. The van der Waals surface area contributed by atoms with Crippen molar-refractivity contribution in [2.45, 2.75) is 46.1 Å². The summed E-state index contributed by atoms with van der Waals surface area (Å²) in [5, 5.41) is 3.53. The Morgan fingerprint density at radius 2 is 1.62 bits per heavy atom. The van der Waals surface area contributed by atoms with Crippen LogP contribution in [0.2, 0.25) is 0 Å². The van der Waals surface area contributed by atoms with Gasteiger partial charge < -0.3 is 5.32 Å². The maximum absolute atomic E-state index is 3.53. The van der Waals surface area contributed by atoms with E-state index in [1.54, 1.807) is 0 Å². The van der Waals surface area contributed by atoms with Gasteiger partial charge in [-0.3, -0.25) is 0 Å². The molecule has 2 aromatic rings. The van der Waals surface area contributed by atoms with Crippen molar-refractivity contribution < 1.29 is 0 Å². The topological polar surface area (TPSA) is 12.0 Å². The van der Waals surface area contributed by atoms with Crippen LogP contribution in [0.15, 0.2) is 48.5 Å². The standard InChI is InChI=1S/C20H27N/c1-16-6-5-7-17(14-16)12-13-21-15-18-8-10-19(11-9-18)20(2,3)4/h5-11,14,21H,12-13,15H2,1-4H3. The highest BCUT2D eigenvalue weighted by molar-refractivity contribution is 5.27. The highest BCUT2D eigenvalue weighted by Crippen LogP contribution is 2.22. The summed E-state index contributed by atoms with van der Waals surface area (Å²) >= 11 is 0. The minimum Gasteiger partial charge on any atom is -0.312 e. The monoisotopic (exact) mass is 281 g/mol. The van der Waals surface area contributed by atoms with Gasteiger partial charge in [0.2, 0.25) is 0 Å². The van der Waals surface area contributed by atoms with Crippen LogP contribution in [-0.4, -0.2) is 6.54 Å². The molecule has 2 rings (SSSR count). The van der Waals surface area contributed by atoms with E-state index in [1.807, 2.05) is 0 Å². The first-order chi connectivity index (χ1) is 9.95. The van der Waals surface area contributed by atoms with Crippen molar-refractivity contribution in [1.82, 2.24) is 5.32 Å². The zero-order valence-electron chi connectivity index (χ0n) is 13.7. The van der Waals surface area contributed by atoms with Gasteiger partial charge in [0.25, 0.3) is 0 Å². The number of hydrogen-bond donors (Lipinski definition) is 1. The van der Waals surface area contributed by atoms with Crippen LogP contribution in [0.1, 0.15) is 43.0 Å². The van der Waals surface area contributed by atoms with Crippen molar-refractivity contribution in [2.75, 3.05) is 6.54 Å². The molecule has 0 bridgehead atoms. The fourth-order valence-corrected chi connectivity index (χ4v) is 2.46. The molecule has 0 atom stereocenters. The average Bonchev–Trinajstić information content (AvgIpc) is 2.43. The molecule has 0 spiro atoms. The highest BCUT2D eigenvalue weighted by Gasteiger charge is 2.12. The van der Waals surface area contributed by atoms with Gasteiger partial charge in [-0.25, -0.2) is 0 Å². The zero-order chi connectivity index (χ0) is 15.3. The summed E-state index contributed by atoms with van der Waals surface area (Å²) in [5.41, 5.74) is 5.73.